The molecular formula is C13H16N2O3S. The summed E-state index contributed by atoms with van der Waals surface area (Å²) < 4.78 is 0. The van der Waals surface area contributed by atoms with Crippen LogP contribution in [0.15, 0.2) is 35.3 Å². The molecule has 0 fully saturated rings. The van der Waals surface area contributed by atoms with E-state index >= 15 is 0 Å². The lowest BCUT2D eigenvalue weighted by Gasteiger charge is -2.10. The van der Waals surface area contributed by atoms with Crippen molar-refractivity contribution in [2.75, 3.05) is 18.9 Å². The summed E-state index contributed by atoms with van der Waals surface area (Å²) in [5, 5.41) is 21.3. The Kier molecular flexibility index (Phi) is 4.95. The highest BCUT2D eigenvalue weighted by Gasteiger charge is 2.25. The van der Waals surface area contributed by atoms with Crippen molar-refractivity contribution in [1.82, 2.24) is 5.32 Å². The Morgan fingerprint density at radius 1 is 1.47 bits per heavy atom. The number of rotatable bonds is 5. The van der Waals surface area contributed by atoms with E-state index in [4.69, 9.17) is 5.11 Å². The van der Waals surface area contributed by atoms with Gasteiger partial charge in [0.25, 0.3) is 0 Å². The topological polar surface area (TPSA) is 81.9 Å². The second-order valence-electron chi connectivity index (χ2n) is 4.21. The van der Waals surface area contributed by atoms with Crippen LogP contribution >= 0.6 is 11.8 Å². The van der Waals surface area contributed by atoms with Crippen LogP contribution in [-0.4, -0.2) is 52.2 Å². The van der Waals surface area contributed by atoms with E-state index in [0.29, 0.717) is 5.75 Å². The molecule has 2 atom stereocenters. The molecule has 0 bridgehead atoms. The number of benzene rings is 1. The Hall–Kier alpha value is -1.37. The molecule has 0 radical (unpaired) electrons. The zero-order chi connectivity index (χ0) is 13.7. The first-order valence-electron chi connectivity index (χ1n) is 6.03. The van der Waals surface area contributed by atoms with Gasteiger partial charge in [0.2, 0.25) is 5.91 Å². The zero-order valence-corrected chi connectivity index (χ0v) is 11.1. The quantitative estimate of drug-likeness (QED) is 0.710. The van der Waals surface area contributed by atoms with Gasteiger partial charge in [-0.1, -0.05) is 30.3 Å². The summed E-state index contributed by atoms with van der Waals surface area (Å²) in [7, 11) is 0. The highest BCUT2D eigenvalue weighted by atomic mass is 32.2. The van der Waals surface area contributed by atoms with Crippen molar-refractivity contribution in [3.05, 3.63) is 35.9 Å². The summed E-state index contributed by atoms with van der Waals surface area (Å²) in [4.78, 5) is 16.2. The number of carbonyl (C=O) groups is 1. The van der Waals surface area contributed by atoms with Gasteiger partial charge in [-0.2, -0.15) is 0 Å². The fourth-order valence-electron chi connectivity index (χ4n) is 1.65. The lowest BCUT2D eigenvalue weighted by molar-refractivity contribution is -0.122. The maximum absolute atomic E-state index is 11.8. The fourth-order valence-corrected chi connectivity index (χ4v) is 2.69. The van der Waals surface area contributed by atoms with Gasteiger partial charge in [0.1, 0.15) is 6.04 Å². The molecule has 1 amide bonds. The van der Waals surface area contributed by atoms with Crippen molar-refractivity contribution in [2.24, 2.45) is 4.99 Å². The van der Waals surface area contributed by atoms with Crippen molar-refractivity contribution >= 4 is 22.7 Å². The lowest BCUT2D eigenvalue weighted by Crippen LogP contribution is -2.39. The normalized spacial score (nSPS) is 19.9. The van der Waals surface area contributed by atoms with E-state index < -0.39 is 12.1 Å². The Balaban J connectivity index is 1.93. The first-order valence-corrected chi connectivity index (χ1v) is 7.02. The number of hydrogen-bond acceptors (Lipinski definition) is 5. The number of nitrogens with one attached hydrogen (secondary N) is 1. The average molecular weight is 280 g/mol. The minimum atomic E-state index is -0.921. The van der Waals surface area contributed by atoms with Gasteiger partial charge in [-0.05, 0) is 0 Å². The molecule has 2 unspecified atom stereocenters. The maximum Gasteiger partial charge on any atom is 0.245 e. The molecule has 5 nitrogen and oxygen atoms in total. The molecular weight excluding hydrogens is 264 g/mol. The summed E-state index contributed by atoms with van der Waals surface area (Å²) in [6.07, 6.45) is -0.921. The van der Waals surface area contributed by atoms with Crippen LogP contribution in [0.1, 0.15) is 5.56 Å². The van der Waals surface area contributed by atoms with Crippen molar-refractivity contribution in [3.8, 4) is 0 Å². The Bertz CT molecular complexity index is 464. The lowest BCUT2D eigenvalue weighted by atomic mass is 10.2. The molecule has 102 valence electrons. The standard InChI is InChI=1S/C13H16N2O3S/c16-7-10(17)6-14-12(18)11-8-19-13(15-11)9-4-2-1-3-5-9/h1-5,10-11,16-17H,6-8H2,(H,14,18). The summed E-state index contributed by atoms with van der Waals surface area (Å²) in [6, 6.07) is 9.30. The van der Waals surface area contributed by atoms with E-state index in [2.05, 4.69) is 10.3 Å². The summed E-state index contributed by atoms with van der Waals surface area (Å²) >= 11 is 1.55. The number of nitrogens with zero attached hydrogens (tertiary/aromatic N) is 1. The molecule has 3 N–H and O–H groups in total. The van der Waals surface area contributed by atoms with E-state index in [1.807, 2.05) is 30.3 Å². The van der Waals surface area contributed by atoms with Crippen molar-refractivity contribution in [1.29, 1.82) is 0 Å². The van der Waals surface area contributed by atoms with Gasteiger partial charge in [0.05, 0.1) is 17.8 Å². The maximum atomic E-state index is 11.8. The van der Waals surface area contributed by atoms with E-state index in [0.717, 1.165) is 10.6 Å². The molecule has 0 aliphatic carbocycles. The minimum Gasteiger partial charge on any atom is -0.394 e. The number of hydrogen-bond donors (Lipinski definition) is 3. The molecule has 0 saturated carbocycles. The van der Waals surface area contributed by atoms with Crippen molar-refractivity contribution in [3.63, 3.8) is 0 Å². The van der Waals surface area contributed by atoms with Crippen molar-refractivity contribution < 1.29 is 15.0 Å². The van der Waals surface area contributed by atoms with E-state index in [9.17, 15) is 9.90 Å². The third kappa shape index (κ3) is 3.79. The summed E-state index contributed by atoms with van der Waals surface area (Å²) in [6.45, 7) is -0.315. The summed E-state index contributed by atoms with van der Waals surface area (Å²) in [5.74, 6) is 0.386. The van der Waals surface area contributed by atoms with Crippen molar-refractivity contribution in [2.45, 2.75) is 12.1 Å². The third-order valence-corrected chi connectivity index (χ3v) is 3.79. The molecule has 0 saturated heterocycles. The molecule has 1 aliphatic heterocycles. The molecule has 1 heterocycles. The highest BCUT2D eigenvalue weighted by Crippen LogP contribution is 2.23. The van der Waals surface area contributed by atoms with Crippen LogP contribution in [0, 0.1) is 0 Å². The second kappa shape index (κ2) is 6.70. The first-order chi connectivity index (χ1) is 9.20. The van der Waals surface area contributed by atoms with E-state index in [-0.39, 0.29) is 19.1 Å². The average Bonchev–Trinajstić information content (AvgIpc) is 2.95. The smallest absolute Gasteiger partial charge is 0.245 e. The van der Waals surface area contributed by atoms with Gasteiger partial charge in [0.15, 0.2) is 0 Å². The molecule has 2 rings (SSSR count). The van der Waals surface area contributed by atoms with Gasteiger partial charge in [-0.15, -0.1) is 11.8 Å². The molecule has 0 aromatic heterocycles. The predicted octanol–water partition coefficient (Wildman–Crippen LogP) is 0.0180. The Morgan fingerprint density at radius 2 is 2.21 bits per heavy atom. The highest BCUT2D eigenvalue weighted by molar-refractivity contribution is 8.14. The number of aliphatic imine (C=N–C) groups is 1. The Morgan fingerprint density at radius 3 is 2.89 bits per heavy atom. The SMILES string of the molecule is O=C(NCC(O)CO)C1CSC(c2ccccc2)=N1. The van der Waals surface area contributed by atoms with E-state index in [1.165, 1.54) is 0 Å². The predicted molar refractivity (Wildman–Crippen MR) is 75.3 cm³/mol. The van der Waals surface area contributed by atoms with Crippen LogP contribution in [0.25, 0.3) is 0 Å². The number of aliphatic hydroxyl groups excluding tert-OH is 2. The fraction of sp³-hybridized carbons (Fsp3) is 0.385. The van der Waals surface area contributed by atoms with Crippen LogP contribution in [0.3, 0.4) is 0 Å². The molecule has 19 heavy (non-hydrogen) atoms. The first kappa shape index (κ1) is 14.0. The van der Waals surface area contributed by atoms with Gasteiger partial charge in [0, 0.05) is 17.9 Å². The molecule has 1 aromatic rings. The van der Waals surface area contributed by atoms with Crippen LogP contribution < -0.4 is 5.32 Å². The molecule has 1 aromatic carbocycles. The van der Waals surface area contributed by atoms with Crippen LogP contribution in [0.4, 0.5) is 0 Å². The van der Waals surface area contributed by atoms with Crippen LogP contribution in [-0.2, 0) is 4.79 Å². The van der Waals surface area contributed by atoms with Gasteiger partial charge >= 0.3 is 0 Å². The van der Waals surface area contributed by atoms with Crippen LogP contribution in [0.2, 0.25) is 0 Å². The van der Waals surface area contributed by atoms with Gasteiger partial charge in [-0.25, -0.2) is 0 Å². The third-order valence-electron chi connectivity index (χ3n) is 2.70. The second-order valence-corrected chi connectivity index (χ2v) is 5.22. The largest absolute Gasteiger partial charge is 0.394 e. The van der Waals surface area contributed by atoms with Gasteiger partial charge in [-0.3, -0.25) is 9.79 Å². The molecule has 1 aliphatic rings. The molecule has 0 spiro atoms. The Labute approximate surface area is 115 Å². The number of carbonyl (C=O) groups excluding carboxylic acids is 1. The number of thioether (sulfide) groups is 1. The van der Waals surface area contributed by atoms with E-state index in [1.54, 1.807) is 11.8 Å². The summed E-state index contributed by atoms with van der Waals surface area (Å²) in [5.41, 5.74) is 1.01. The minimum absolute atomic E-state index is 0.0483. The molecule has 6 heteroatoms. The monoisotopic (exact) mass is 280 g/mol. The zero-order valence-electron chi connectivity index (χ0n) is 10.3. The number of amides is 1. The number of aliphatic hydroxyl groups is 2. The van der Waals surface area contributed by atoms with Crippen LogP contribution in [0.5, 0.6) is 0 Å². The van der Waals surface area contributed by atoms with Gasteiger partial charge < -0.3 is 15.5 Å².